The molecule has 1 amide bonds. The first-order chi connectivity index (χ1) is 7.79. The van der Waals surface area contributed by atoms with Crippen LogP contribution in [0, 0.1) is 0 Å². The number of anilines is 1. The van der Waals surface area contributed by atoms with E-state index in [1.807, 2.05) is 43.1 Å². The molecule has 1 aromatic carbocycles. The third-order valence-electron chi connectivity index (χ3n) is 2.70. The highest BCUT2D eigenvalue weighted by Crippen LogP contribution is 2.17. The minimum Gasteiger partial charge on any atom is -0.388 e. The van der Waals surface area contributed by atoms with Gasteiger partial charge in [-0.25, -0.2) is 0 Å². The van der Waals surface area contributed by atoms with Crippen molar-refractivity contribution in [3.63, 3.8) is 0 Å². The van der Waals surface area contributed by atoms with Gasteiger partial charge >= 0.3 is 0 Å². The van der Waals surface area contributed by atoms with Gasteiger partial charge in [-0.05, 0) is 36.4 Å². The smallest absolute Gasteiger partial charge is 0.251 e. The molecule has 86 valence electrons. The van der Waals surface area contributed by atoms with Crippen molar-refractivity contribution >= 4 is 23.4 Å². The lowest BCUT2D eigenvalue weighted by molar-refractivity contribution is 0.0941. The van der Waals surface area contributed by atoms with E-state index in [9.17, 15) is 4.79 Å². The van der Waals surface area contributed by atoms with Gasteiger partial charge < -0.3 is 10.6 Å². The summed E-state index contributed by atoms with van der Waals surface area (Å²) >= 11 is 1.90. The molecule has 0 aliphatic carbocycles. The molecule has 1 aliphatic rings. The molecule has 1 saturated heterocycles. The van der Waals surface area contributed by atoms with Crippen LogP contribution in [0.1, 0.15) is 16.8 Å². The molecule has 1 aromatic rings. The van der Waals surface area contributed by atoms with Crippen LogP contribution < -0.4 is 10.6 Å². The molecule has 1 heterocycles. The summed E-state index contributed by atoms with van der Waals surface area (Å²) in [5.41, 5.74) is 1.75. The van der Waals surface area contributed by atoms with Crippen molar-refractivity contribution < 1.29 is 4.79 Å². The van der Waals surface area contributed by atoms with Gasteiger partial charge in [-0.15, -0.1) is 0 Å². The second kappa shape index (κ2) is 5.25. The first-order valence-corrected chi connectivity index (χ1v) is 6.61. The largest absolute Gasteiger partial charge is 0.388 e. The summed E-state index contributed by atoms with van der Waals surface area (Å²) in [6, 6.07) is 7.88. The van der Waals surface area contributed by atoms with Crippen molar-refractivity contribution in [2.45, 2.75) is 12.5 Å². The van der Waals surface area contributed by atoms with Crippen LogP contribution in [0.3, 0.4) is 0 Å². The average molecular weight is 236 g/mol. The Morgan fingerprint density at radius 2 is 2.12 bits per heavy atom. The standard InChI is InChI=1S/C12H16N2OS/c1-13-10-4-2-9(3-5-10)12(15)14-11-6-7-16-8-11/h2-5,11,13H,6-8H2,1H3,(H,14,15). The molecule has 0 aromatic heterocycles. The quantitative estimate of drug-likeness (QED) is 0.843. The molecule has 1 atom stereocenters. The molecule has 3 nitrogen and oxygen atoms in total. The second-order valence-corrected chi connectivity index (χ2v) is 5.01. The number of carbonyl (C=O) groups excluding carboxylic acids is 1. The Kier molecular flexibility index (Phi) is 3.72. The number of amides is 1. The Morgan fingerprint density at radius 3 is 2.69 bits per heavy atom. The molecular weight excluding hydrogens is 220 g/mol. The molecule has 0 saturated carbocycles. The zero-order valence-corrected chi connectivity index (χ0v) is 10.1. The first kappa shape index (κ1) is 11.3. The van der Waals surface area contributed by atoms with Crippen LogP contribution in [-0.2, 0) is 0 Å². The van der Waals surface area contributed by atoms with Gasteiger partial charge in [0, 0.05) is 30.1 Å². The van der Waals surface area contributed by atoms with Crippen LogP contribution >= 0.6 is 11.8 Å². The minimum absolute atomic E-state index is 0.0372. The average Bonchev–Trinajstić information content (AvgIpc) is 2.82. The maximum absolute atomic E-state index is 11.9. The van der Waals surface area contributed by atoms with Gasteiger partial charge in [-0.1, -0.05) is 0 Å². The lowest BCUT2D eigenvalue weighted by atomic mass is 10.1. The van der Waals surface area contributed by atoms with Crippen molar-refractivity contribution in [2.75, 3.05) is 23.9 Å². The van der Waals surface area contributed by atoms with E-state index >= 15 is 0 Å². The monoisotopic (exact) mass is 236 g/mol. The SMILES string of the molecule is CNc1ccc(C(=O)NC2CCSC2)cc1. The van der Waals surface area contributed by atoms with Gasteiger partial charge in [0.1, 0.15) is 0 Å². The first-order valence-electron chi connectivity index (χ1n) is 5.46. The van der Waals surface area contributed by atoms with Crippen LogP contribution in [0.5, 0.6) is 0 Å². The Labute approximate surface area is 100.0 Å². The molecular formula is C12H16N2OS. The van der Waals surface area contributed by atoms with Crippen molar-refractivity contribution in [1.82, 2.24) is 5.32 Å². The van der Waals surface area contributed by atoms with E-state index in [4.69, 9.17) is 0 Å². The molecule has 0 spiro atoms. The fourth-order valence-electron chi connectivity index (χ4n) is 1.71. The number of hydrogen-bond acceptors (Lipinski definition) is 3. The van der Waals surface area contributed by atoms with Gasteiger partial charge in [0.15, 0.2) is 0 Å². The molecule has 1 fully saturated rings. The summed E-state index contributed by atoms with van der Waals surface area (Å²) in [4.78, 5) is 11.9. The Bertz CT molecular complexity index is 358. The van der Waals surface area contributed by atoms with Crippen LogP contribution in [-0.4, -0.2) is 30.5 Å². The number of thioether (sulfide) groups is 1. The normalized spacial score (nSPS) is 19.4. The predicted octanol–water partition coefficient (Wildman–Crippen LogP) is 1.96. The summed E-state index contributed by atoms with van der Waals surface area (Å²) in [6.07, 6.45) is 1.09. The summed E-state index contributed by atoms with van der Waals surface area (Å²) < 4.78 is 0. The fraction of sp³-hybridized carbons (Fsp3) is 0.417. The highest BCUT2D eigenvalue weighted by Gasteiger charge is 2.18. The summed E-state index contributed by atoms with van der Waals surface area (Å²) in [6.45, 7) is 0. The molecule has 1 unspecified atom stereocenters. The molecule has 2 N–H and O–H groups in total. The second-order valence-electron chi connectivity index (χ2n) is 3.86. The van der Waals surface area contributed by atoms with Crippen molar-refractivity contribution in [3.05, 3.63) is 29.8 Å². The van der Waals surface area contributed by atoms with E-state index in [1.165, 1.54) is 0 Å². The Balaban J connectivity index is 1.97. The minimum atomic E-state index is 0.0372. The summed E-state index contributed by atoms with van der Waals surface area (Å²) in [5.74, 6) is 2.24. The van der Waals surface area contributed by atoms with Gasteiger partial charge in [-0.2, -0.15) is 11.8 Å². The summed E-state index contributed by atoms with van der Waals surface area (Å²) in [7, 11) is 1.87. The maximum atomic E-state index is 11.9. The van der Waals surface area contributed by atoms with E-state index in [0.29, 0.717) is 6.04 Å². The zero-order chi connectivity index (χ0) is 11.4. The lowest BCUT2D eigenvalue weighted by Crippen LogP contribution is -2.34. The highest BCUT2D eigenvalue weighted by atomic mass is 32.2. The summed E-state index contributed by atoms with van der Waals surface area (Å²) in [5, 5.41) is 6.08. The van der Waals surface area contributed by atoms with E-state index in [2.05, 4.69) is 10.6 Å². The van der Waals surface area contributed by atoms with E-state index < -0.39 is 0 Å². The van der Waals surface area contributed by atoms with E-state index in [0.717, 1.165) is 29.2 Å². The van der Waals surface area contributed by atoms with Crippen molar-refractivity contribution in [1.29, 1.82) is 0 Å². The van der Waals surface area contributed by atoms with Gasteiger partial charge in [0.25, 0.3) is 5.91 Å². The molecule has 2 rings (SSSR count). The maximum Gasteiger partial charge on any atom is 0.251 e. The number of rotatable bonds is 3. The van der Waals surface area contributed by atoms with E-state index in [1.54, 1.807) is 0 Å². The molecule has 0 bridgehead atoms. The van der Waals surface area contributed by atoms with E-state index in [-0.39, 0.29) is 5.91 Å². The van der Waals surface area contributed by atoms with Crippen molar-refractivity contribution in [2.24, 2.45) is 0 Å². The Morgan fingerprint density at radius 1 is 1.38 bits per heavy atom. The third-order valence-corrected chi connectivity index (χ3v) is 3.86. The number of nitrogens with one attached hydrogen (secondary N) is 2. The number of carbonyl (C=O) groups is 1. The molecule has 1 aliphatic heterocycles. The fourth-order valence-corrected chi connectivity index (χ4v) is 2.86. The zero-order valence-electron chi connectivity index (χ0n) is 9.32. The molecule has 4 heteroatoms. The topological polar surface area (TPSA) is 41.1 Å². The molecule has 16 heavy (non-hydrogen) atoms. The van der Waals surface area contributed by atoms with Gasteiger partial charge in [0.05, 0.1) is 0 Å². The van der Waals surface area contributed by atoms with Gasteiger partial charge in [-0.3, -0.25) is 4.79 Å². The Hall–Kier alpha value is -1.16. The number of benzene rings is 1. The molecule has 0 radical (unpaired) electrons. The predicted molar refractivity (Wildman–Crippen MR) is 69.2 cm³/mol. The van der Waals surface area contributed by atoms with Crippen LogP contribution in [0.2, 0.25) is 0 Å². The van der Waals surface area contributed by atoms with Crippen molar-refractivity contribution in [3.8, 4) is 0 Å². The third kappa shape index (κ3) is 2.70. The van der Waals surface area contributed by atoms with Crippen LogP contribution in [0.15, 0.2) is 24.3 Å². The van der Waals surface area contributed by atoms with Crippen LogP contribution in [0.4, 0.5) is 5.69 Å². The number of hydrogen-bond donors (Lipinski definition) is 2. The lowest BCUT2D eigenvalue weighted by Gasteiger charge is -2.11. The van der Waals surface area contributed by atoms with Crippen LogP contribution in [0.25, 0.3) is 0 Å². The van der Waals surface area contributed by atoms with Gasteiger partial charge in [0.2, 0.25) is 0 Å². The highest BCUT2D eigenvalue weighted by molar-refractivity contribution is 7.99.